The number of benzene rings is 1. The minimum atomic E-state index is -0.314. The highest BCUT2D eigenvalue weighted by atomic mass is 16.2. The van der Waals surface area contributed by atoms with Crippen LogP contribution in [-0.4, -0.2) is 32.5 Å². The number of nitrogens with one attached hydrogen (secondary N) is 3. The fourth-order valence-electron chi connectivity index (χ4n) is 2.84. The maximum atomic E-state index is 12.6. The van der Waals surface area contributed by atoms with Crippen molar-refractivity contribution >= 4 is 23.3 Å². The Labute approximate surface area is 175 Å². The molecule has 3 N–H and O–H groups in total. The summed E-state index contributed by atoms with van der Waals surface area (Å²) in [7, 11) is 0. The molecule has 3 rings (SSSR count). The molecule has 0 saturated heterocycles. The molecule has 0 aliphatic rings. The molecule has 0 aliphatic carbocycles. The second kappa shape index (κ2) is 9.21. The zero-order valence-corrected chi connectivity index (χ0v) is 17.3. The monoisotopic (exact) mass is 406 g/mol. The zero-order chi connectivity index (χ0) is 21.6. The highest BCUT2D eigenvalue weighted by molar-refractivity contribution is 6.04. The Kier molecular flexibility index (Phi) is 6.46. The molecule has 8 heteroatoms. The molecule has 156 valence electrons. The van der Waals surface area contributed by atoms with Crippen LogP contribution in [0.15, 0.2) is 67.5 Å². The Balaban J connectivity index is 1.63. The first-order chi connectivity index (χ1) is 14.3. The van der Waals surface area contributed by atoms with Crippen molar-refractivity contribution in [3.63, 3.8) is 0 Å². The Morgan fingerprint density at radius 3 is 2.43 bits per heavy atom. The highest BCUT2D eigenvalue weighted by Gasteiger charge is 2.26. The summed E-state index contributed by atoms with van der Waals surface area (Å²) in [4.78, 5) is 32.9. The van der Waals surface area contributed by atoms with E-state index in [-0.39, 0.29) is 23.4 Å². The number of pyridine rings is 1. The van der Waals surface area contributed by atoms with Crippen LogP contribution in [0.1, 0.15) is 31.1 Å². The van der Waals surface area contributed by atoms with Gasteiger partial charge in [0, 0.05) is 42.7 Å². The van der Waals surface area contributed by atoms with E-state index >= 15 is 0 Å². The largest absolute Gasteiger partial charge is 0.335 e. The first-order valence-corrected chi connectivity index (χ1v) is 9.66. The molecular weight excluding hydrogens is 380 g/mol. The molecular formula is C22H26N6O2. The van der Waals surface area contributed by atoms with Crippen LogP contribution in [0.5, 0.6) is 0 Å². The van der Waals surface area contributed by atoms with Gasteiger partial charge in [-0.25, -0.2) is 9.78 Å². The minimum absolute atomic E-state index is 0.111. The number of hydrogen-bond acceptors (Lipinski definition) is 4. The van der Waals surface area contributed by atoms with Gasteiger partial charge in [0.05, 0.1) is 17.9 Å². The Bertz CT molecular complexity index is 980. The maximum Gasteiger partial charge on any atom is 0.319 e. The topological polar surface area (TPSA) is 101 Å². The van der Waals surface area contributed by atoms with E-state index in [9.17, 15) is 9.59 Å². The van der Waals surface area contributed by atoms with Crippen LogP contribution in [0.4, 0.5) is 16.2 Å². The Hall–Kier alpha value is -3.68. The molecule has 0 fully saturated rings. The SMILES string of the molecule is CC(C)(C)[C@H](Cn1ccnc1)NC(=O)Nc1cccc(NC(=O)c2cccnc2)c1. The molecule has 0 radical (unpaired) electrons. The molecule has 0 spiro atoms. The van der Waals surface area contributed by atoms with Gasteiger partial charge < -0.3 is 20.5 Å². The summed E-state index contributed by atoms with van der Waals surface area (Å²) in [5, 5.41) is 8.68. The standard InChI is InChI=1S/C22H26N6O2/c1-22(2,3)19(14-28-11-10-24-15-28)27-21(30)26-18-8-4-7-17(12-18)25-20(29)16-6-5-9-23-13-16/h4-13,15,19H,14H2,1-3H3,(H,25,29)(H2,26,27,30)/t19-/m0/s1. The summed E-state index contributed by atoms with van der Waals surface area (Å²) in [5.74, 6) is -0.266. The average molecular weight is 406 g/mol. The van der Waals surface area contributed by atoms with Gasteiger partial charge in [0.25, 0.3) is 5.91 Å². The normalized spacial score (nSPS) is 12.1. The van der Waals surface area contributed by atoms with Gasteiger partial charge in [-0.15, -0.1) is 0 Å². The third-order valence-electron chi connectivity index (χ3n) is 4.61. The number of anilines is 2. The van der Waals surface area contributed by atoms with Gasteiger partial charge in [-0.3, -0.25) is 9.78 Å². The van der Waals surface area contributed by atoms with Crippen LogP contribution in [0, 0.1) is 5.41 Å². The predicted octanol–water partition coefficient (Wildman–Crippen LogP) is 3.77. The number of nitrogens with zero attached hydrogens (tertiary/aromatic N) is 3. The summed E-state index contributed by atoms with van der Waals surface area (Å²) in [6.45, 7) is 6.83. The van der Waals surface area contributed by atoms with Crippen molar-refractivity contribution in [3.8, 4) is 0 Å². The van der Waals surface area contributed by atoms with Crippen molar-refractivity contribution in [2.24, 2.45) is 5.41 Å². The van der Waals surface area contributed by atoms with Crippen molar-refractivity contribution in [1.29, 1.82) is 0 Å². The highest BCUT2D eigenvalue weighted by Crippen LogP contribution is 2.21. The number of rotatable bonds is 6. The average Bonchev–Trinajstić information content (AvgIpc) is 3.21. The number of imidazole rings is 1. The molecule has 3 amide bonds. The fourth-order valence-corrected chi connectivity index (χ4v) is 2.84. The lowest BCUT2D eigenvalue weighted by molar-refractivity contribution is 0.102. The Morgan fingerprint density at radius 2 is 1.80 bits per heavy atom. The van der Waals surface area contributed by atoms with E-state index < -0.39 is 0 Å². The number of aromatic nitrogens is 3. The number of hydrogen-bond donors (Lipinski definition) is 3. The smallest absolute Gasteiger partial charge is 0.319 e. The van der Waals surface area contributed by atoms with E-state index in [0.717, 1.165) is 0 Å². The molecule has 0 bridgehead atoms. The van der Waals surface area contributed by atoms with Crippen molar-refractivity contribution < 1.29 is 9.59 Å². The van der Waals surface area contributed by atoms with E-state index in [4.69, 9.17) is 0 Å². The Morgan fingerprint density at radius 1 is 1.03 bits per heavy atom. The van der Waals surface area contributed by atoms with Crippen molar-refractivity contribution in [3.05, 3.63) is 73.1 Å². The molecule has 0 saturated carbocycles. The van der Waals surface area contributed by atoms with Crippen LogP contribution in [0.25, 0.3) is 0 Å². The summed E-state index contributed by atoms with van der Waals surface area (Å²) in [6.07, 6.45) is 8.42. The van der Waals surface area contributed by atoms with Crippen LogP contribution >= 0.6 is 0 Å². The fraction of sp³-hybridized carbons (Fsp3) is 0.273. The molecule has 1 aromatic carbocycles. The van der Waals surface area contributed by atoms with Gasteiger partial charge in [-0.2, -0.15) is 0 Å². The number of carbonyl (C=O) groups is 2. The quantitative estimate of drug-likeness (QED) is 0.580. The third kappa shape index (κ3) is 5.91. The van der Waals surface area contributed by atoms with E-state index in [2.05, 4.69) is 46.7 Å². The molecule has 2 heterocycles. The lowest BCUT2D eigenvalue weighted by Gasteiger charge is -2.31. The molecule has 2 aromatic heterocycles. The van der Waals surface area contributed by atoms with Gasteiger partial charge in [0.1, 0.15) is 0 Å². The molecule has 0 aliphatic heterocycles. The molecule has 3 aromatic rings. The number of carbonyl (C=O) groups excluding carboxylic acids is 2. The van der Waals surface area contributed by atoms with Crippen LogP contribution in [0.2, 0.25) is 0 Å². The molecule has 1 atom stereocenters. The van der Waals surface area contributed by atoms with Crippen LogP contribution < -0.4 is 16.0 Å². The predicted molar refractivity (Wildman–Crippen MR) is 116 cm³/mol. The molecule has 8 nitrogen and oxygen atoms in total. The van der Waals surface area contributed by atoms with Gasteiger partial charge in [0.15, 0.2) is 0 Å². The van der Waals surface area contributed by atoms with Crippen molar-refractivity contribution in [2.75, 3.05) is 10.6 Å². The first-order valence-electron chi connectivity index (χ1n) is 9.66. The molecule has 30 heavy (non-hydrogen) atoms. The van der Waals surface area contributed by atoms with Crippen molar-refractivity contribution in [2.45, 2.75) is 33.4 Å². The summed E-state index contributed by atoms with van der Waals surface area (Å²) < 4.78 is 1.94. The van der Waals surface area contributed by atoms with E-state index in [1.165, 1.54) is 6.20 Å². The lowest BCUT2D eigenvalue weighted by atomic mass is 9.86. The minimum Gasteiger partial charge on any atom is -0.335 e. The zero-order valence-electron chi connectivity index (χ0n) is 17.3. The number of urea groups is 1. The lowest BCUT2D eigenvalue weighted by Crippen LogP contribution is -2.47. The first kappa shape index (κ1) is 21.0. The second-order valence-corrected chi connectivity index (χ2v) is 8.05. The van der Waals surface area contributed by atoms with Crippen molar-refractivity contribution in [1.82, 2.24) is 19.9 Å². The van der Waals surface area contributed by atoms with E-state index in [1.54, 1.807) is 55.1 Å². The molecule has 0 unspecified atom stereocenters. The summed E-state index contributed by atoms with van der Waals surface area (Å²) in [6, 6.07) is 9.95. The van der Waals surface area contributed by atoms with Gasteiger partial charge >= 0.3 is 6.03 Å². The van der Waals surface area contributed by atoms with Gasteiger partial charge in [-0.1, -0.05) is 26.8 Å². The summed E-state index contributed by atoms with van der Waals surface area (Å²) >= 11 is 0. The van der Waals surface area contributed by atoms with Crippen LogP contribution in [0.3, 0.4) is 0 Å². The number of amides is 3. The van der Waals surface area contributed by atoms with Gasteiger partial charge in [-0.05, 0) is 35.7 Å². The van der Waals surface area contributed by atoms with E-state index in [0.29, 0.717) is 23.5 Å². The maximum absolute atomic E-state index is 12.6. The summed E-state index contributed by atoms with van der Waals surface area (Å²) in [5.41, 5.74) is 1.46. The van der Waals surface area contributed by atoms with Gasteiger partial charge in [0.2, 0.25) is 0 Å². The van der Waals surface area contributed by atoms with Crippen LogP contribution in [-0.2, 0) is 6.54 Å². The van der Waals surface area contributed by atoms with E-state index in [1.807, 2.05) is 10.8 Å². The second-order valence-electron chi connectivity index (χ2n) is 8.05. The third-order valence-corrected chi connectivity index (χ3v) is 4.61.